The van der Waals surface area contributed by atoms with Gasteiger partial charge in [-0.05, 0) is 37.5 Å². The molecular weight excluding hydrogens is 276 g/mol. The van der Waals surface area contributed by atoms with Crippen LogP contribution >= 0.6 is 0 Å². The molecule has 2 rings (SSSR count). The normalized spacial score (nSPS) is 24.3. The van der Waals surface area contributed by atoms with E-state index in [4.69, 9.17) is 0 Å². The number of allylic oxidation sites excluding steroid dienone is 4. The van der Waals surface area contributed by atoms with Crippen LogP contribution in [0.1, 0.15) is 46.0 Å². The lowest BCUT2D eigenvalue weighted by atomic mass is 9.72. The van der Waals surface area contributed by atoms with Crippen LogP contribution in [0.2, 0.25) is 0 Å². The molecule has 0 aromatic carbocycles. The minimum atomic E-state index is -0.588. The van der Waals surface area contributed by atoms with Gasteiger partial charge in [0.15, 0.2) is 0 Å². The summed E-state index contributed by atoms with van der Waals surface area (Å²) in [6, 6.07) is 6.00. The highest BCUT2D eigenvalue weighted by Crippen LogP contribution is 2.44. The second-order valence-electron chi connectivity index (χ2n) is 6.70. The summed E-state index contributed by atoms with van der Waals surface area (Å²) in [4.78, 5) is 1.88. The van der Waals surface area contributed by atoms with Gasteiger partial charge in [-0.15, -0.1) is 0 Å². The third-order valence-corrected chi connectivity index (χ3v) is 4.35. The van der Waals surface area contributed by atoms with Crippen LogP contribution in [0.5, 0.6) is 0 Å². The zero-order valence-corrected chi connectivity index (χ0v) is 13.1. The van der Waals surface area contributed by atoms with Gasteiger partial charge in [0.25, 0.3) is 0 Å². The van der Waals surface area contributed by atoms with E-state index in [1.807, 2.05) is 17.0 Å². The fourth-order valence-corrected chi connectivity index (χ4v) is 3.32. The van der Waals surface area contributed by atoms with E-state index in [1.165, 1.54) is 0 Å². The summed E-state index contributed by atoms with van der Waals surface area (Å²) in [6.07, 6.45) is 3.24. The highest BCUT2D eigenvalue weighted by Gasteiger charge is 2.36. The molecular formula is C17H20N4O. The molecule has 0 aromatic heterocycles. The Balaban J connectivity index is 2.61. The van der Waals surface area contributed by atoms with E-state index in [2.05, 4.69) is 19.9 Å². The van der Waals surface area contributed by atoms with Crippen LogP contribution in [0.3, 0.4) is 0 Å². The summed E-state index contributed by atoms with van der Waals surface area (Å²) in [5, 5.41) is 38.2. The number of rotatable bonds is 1. The molecule has 0 amide bonds. The lowest BCUT2D eigenvalue weighted by Gasteiger charge is -2.42. The van der Waals surface area contributed by atoms with E-state index in [0.717, 1.165) is 18.5 Å². The van der Waals surface area contributed by atoms with Gasteiger partial charge in [0, 0.05) is 17.8 Å². The molecule has 1 N–H and O–H groups in total. The SMILES string of the molecule is CC1(C)CC(=C(C#N)C#N)C(C#N)=C(N2CCCCC2O)C1. The van der Waals surface area contributed by atoms with Crippen LogP contribution < -0.4 is 0 Å². The standard InChI is InChI=1S/C17H20N4O/c1-17(2)7-13(12(9-18)10-19)14(11-20)15(8-17)21-6-4-3-5-16(21)22/h16,22H,3-8H2,1-2H3. The summed E-state index contributed by atoms with van der Waals surface area (Å²) in [6.45, 7) is 4.83. The molecule has 5 heteroatoms. The van der Waals surface area contributed by atoms with Crippen molar-refractivity contribution < 1.29 is 5.11 Å². The van der Waals surface area contributed by atoms with Crippen LogP contribution in [0.4, 0.5) is 0 Å². The second-order valence-corrected chi connectivity index (χ2v) is 6.70. The van der Waals surface area contributed by atoms with Crippen molar-refractivity contribution in [3.8, 4) is 18.2 Å². The first-order valence-corrected chi connectivity index (χ1v) is 7.55. The zero-order chi connectivity index (χ0) is 16.3. The van der Waals surface area contributed by atoms with Gasteiger partial charge in [0.2, 0.25) is 0 Å². The Morgan fingerprint density at radius 1 is 1.18 bits per heavy atom. The summed E-state index contributed by atoms with van der Waals surface area (Å²) >= 11 is 0. The molecule has 22 heavy (non-hydrogen) atoms. The van der Waals surface area contributed by atoms with Gasteiger partial charge in [-0.25, -0.2) is 0 Å². The first-order chi connectivity index (χ1) is 10.4. The van der Waals surface area contributed by atoms with Crippen molar-refractivity contribution in [2.24, 2.45) is 5.41 Å². The van der Waals surface area contributed by atoms with Crippen molar-refractivity contribution in [1.82, 2.24) is 4.90 Å². The van der Waals surface area contributed by atoms with Crippen molar-refractivity contribution in [1.29, 1.82) is 15.8 Å². The van der Waals surface area contributed by atoms with Crippen LogP contribution in [0.25, 0.3) is 0 Å². The van der Waals surface area contributed by atoms with Gasteiger partial charge in [-0.3, -0.25) is 0 Å². The highest BCUT2D eigenvalue weighted by molar-refractivity contribution is 5.57. The number of nitrogens with zero attached hydrogens (tertiary/aromatic N) is 4. The molecule has 0 radical (unpaired) electrons. The Morgan fingerprint density at radius 3 is 2.41 bits per heavy atom. The van der Waals surface area contributed by atoms with E-state index >= 15 is 0 Å². The van der Waals surface area contributed by atoms with Crippen molar-refractivity contribution >= 4 is 0 Å². The molecule has 1 unspecified atom stereocenters. The third-order valence-electron chi connectivity index (χ3n) is 4.35. The zero-order valence-electron chi connectivity index (χ0n) is 13.1. The maximum absolute atomic E-state index is 10.3. The van der Waals surface area contributed by atoms with Gasteiger partial charge in [-0.2, -0.15) is 15.8 Å². The predicted molar refractivity (Wildman–Crippen MR) is 80.5 cm³/mol. The van der Waals surface area contributed by atoms with Gasteiger partial charge in [0.1, 0.15) is 30.0 Å². The fraction of sp³-hybridized carbons (Fsp3) is 0.588. The number of aliphatic hydroxyl groups excluding tert-OH is 1. The van der Waals surface area contributed by atoms with Crippen LogP contribution in [0.15, 0.2) is 22.4 Å². The Kier molecular flexibility index (Phi) is 4.55. The van der Waals surface area contributed by atoms with Crippen molar-refractivity contribution in [3.05, 3.63) is 22.4 Å². The molecule has 1 fully saturated rings. The van der Waals surface area contributed by atoms with E-state index in [-0.39, 0.29) is 11.0 Å². The summed E-state index contributed by atoms with van der Waals surface area (Å²) in [7, 11) is 0. The molecule has 1 atom stereocenters. The summed E-state index contributed by atoms with van der Waals surface area (Å²) < 4.78 is 0. The summed E-state index contributed by atoms with van der Waals surface area (Å²) in [5.41, 5.74) is 1.56. The largest absolute Gasteiger partial charge is 0.374 e. The Hall–Kier alpha value is -2.29. The minimum absolute atomic E-state index is 0.00771. The number of nitriles is 3. The van der Waals surface area contributed by atoms with Gasteiger partial charge >= 0.3 is 0 Å². The van der Waals surface area contributed by atoms with E-state index in [9.17, 15) is 20.9 Å². The average Bonchev–Trinajstić information content (AvgIpc) is 2.48. The molecule has 2 aliphatic rings. The maximum atomic E-state index is 10.3. The molecule has 114 valence electrons. The molecule has 5 nitrogen and oxygen atoms in total. The van der Waals surface area contributed by atoms with E-state index < -0.39 is 6.23 Å². The molecule has 1 aliphatic heterocycles. The smallest absolute Gasteiger partial charge is 0.134 e. The van der Waals surface area contributed by atoms with E-state index in [1.54, 1.807) is 0 Å². The number of likely N-dealkylation sites (tertiary alicyclic amines) is 1. The van der Waals surface area contributed by atoms with Crippen LogP contribution in [-0.4, -0.2) is 22.8 Å². The quantitative estimate of drug-likeness (QED) is 0.751. The molecule has 0 bridgehead atoms. The topological polar surface area (TPSA) is 94.8 Å². The van der Waals surface area contributed by atoms with Crippen LogP contribution in [-0.2, 0) is 0 Å². The van der Waals surface area contributed by atoms with Gasteiger partial charge in [-0.1, -0.05) is 13.8 Å². The lowest BCUT2D eigenvalue weighted by molar-refractivity contribution is -0.00698. The first kappa shape index (κ1) is 16.1. The Bertz CT molecular complexity index is 636. The molecule has 1 aliphatic carbocycles. The van der Waals surface area contributed by atoms with Gasteiger partial charge in [0.05, 0.1) is 5.57 Å². The fourth-order valence-electron chi connectivity index (χ4n) is 3.32. The number of aliphatic hydroxyl groups is 1. The first-order valence-electron chi connectivity index (χ1n) is 7.55. The minimum Gasteiger partial charge on any atom is -0.374 e. The second kappa shape index (κ2) is 6.22. The van der Waals surface area contributed by atoms with Crippen LogP contribution in [0, 0.1) is 39.4 Å². The highest BCUT2D eigenvalue weighted by atomic mass is 16.3. The monoisotopic (exact) mass is 296 g/mol. The molecule has 1 saturated heterocycles. The number of piperidine rings is 1. The maximum Gasteiger partial charge on any atom is 0.134 e. The molecule has 1 heterocycles. The van der Waals surface area contributed by atoms with Gasteiger partial charge < -0.3 is 10.0 Å². The molecule has 0 spiro atoms. The van der Waals surface area contributed by atoms with E-state index in [0.29, 0.717) is 37.0 Å². The van der Waals surface area contributed by atoms with Crippen molar-refractivity contribution in [2.45, 2.75) is 52.2 Å². The number of hydrogen-bond acceptors (Lipinski definition) is 5. The van der Waals surface area contributed by atoms with Crippen molar-refractivity contribution in [3.63, 3.8) is 0 Å². The summed E-state index contributed by atoms with van der Waals surface area (Å²) in [5.74, 6) is 0. The molecule has 0 saturated carbocycles. The lowest BCUT2D eigenvalue weighted by Crippen LogP contribution is -2.41. The Morgan fingerprint density at radius 2 is 1.86 bits per heavy atom. The third kappa shape index (κ3) is 2.98. The Labute approximate surface area is 131 Å². The molecule has 0 aromatic rings. The predicted octanol–water partition coefficient (Wildman–Crippen LogP) is 2.73. The number of hydrogen-bond donors (Lipinski definition) is 1. The average molecular weight is 296 g/mol. The van der Waals surface area contributed by atoms with Crippen molar-refractivity contribution in [2.75, 3.05) is 6.54 Å².